The number of aryl methyl sites for hydroxylation is 1. The molecular weight excluding hydrogens is 250 g/mol. The number of carbonyl (C=O) groups excluding carboxylic acids is 1. The Morgan fingerprint density at radius 3 is 2.95 bits per heavy atom. The van der Waals surface area contributed by atoms with Gasteiger partial charge in [-0.25, -0.2) is 0 Å². The van der Waals surface area contributed by atoms with Gasteiger partial charge in [0.2, 0.25) is 0 Å². The average molecular weight is 265 g/mol. The van der Waals surface area contributed by atoms with Crippen molar-refractivity contribution in [2.45, 2.75) is 13.3 Å². The molecule has 2 heterocycles. The van der Waals surface area contributed by atoms with Crippen molar-refractivity contribution in [2.75, 3.05) is 5.32 Å². The van der Waals surface area contributed by atoms with Gasteiger partial charge in [0.15, 0.2) is 0 Å². The number of aromatic amines is 1. The molecule has 2 N–H and O–H groups in total. The third-order valence-corrected chi connectivity index (χ3v) is 3.30. The lowest BCUT2D eigenvalue weighted by Gasteiger charge is -2.05. The summed E-state index contributed by atoms with van der Waals surface area (Å²) >= 11 is 0. The maximum atomic E-state index is 12.1. The number of anilines is 1. The van der Waals surface area contributed by atoms with E-state index in [9.17, 15) is 4.79 Å². The maximum absolute atomic E-state index is 12.1. The molecule has 0 atom stereocenters. The lowest BCUT2D eigenvalue weighted by molar-refractivity contribution is 0.102. The fourth-order valence-electron chi connectivity index (χ4n) is 2.24. The average Bonchev–Trinajstić information content (AvgIpc) is 2.90. The number of H-pyrrole nitrogens is 1. The molecule has 3 rings (SSSR count). The van der Waals surface area contributed by atoms with Crippen LogP contribution in [-0.2, 0) is 6.42 Å². The molecule has 0 radical (unpaired) electrons. The zero-order valence-corrected chi connectivity index (χ0v) is 11.2. The van der Waals surface area contributed by atoms with Crippen molar-refractivity contribution in [3.8, 4) is 0 Å². The van der Waals surface area contributed by atoms with Crippen molar-refractivity contribution in [1.29, 1.82) is 0 Å². The van der Waals surface area contributed by atoms with Gasteiger partial charge >= 0.3 is 0 Å². The number of pyridine rings is 1. The van der Waals surface area contributed by atoms with Crippen LogP contribution in [0.15, 0.2) is 48.8 Å². The van der Waals surface area contributed by atoms with E-state index in [0.29, 0.717) is 5.69 Å². The molecule has 0 spiro atoms. The predicted octanol–water partition coefficient (Wildman–Crippen LogP) is 3.38. The quantitative estimate of drug-likeness (QED) is 0.762. The molecule has 0 fully saturated rings. The van der Waals surface area contributed by atoms with Crippen molar-refractivity contribution < 1.29 is 4.79 Å². The number of nitrogens with zero attached hydrogens (tertiary/aromatic N) is 1. The third kappa shape index (κ3) is 2.28. The number of nitrogens with one attached hydrogen (secondary N) is 2. The van der Waals surface area contributed by atoms with E-state index in [-0.39, 0.29) is 5.91 Å². The molecule has 4 nitrogen and oxygen atoms in total. The van der Waals surface area contributed by atoms with Gasteiger partial charge in [-0.3, -0.25) is 9.78 Å². The van der Waals surface area contributed by atoms with Gasteiger partial charge in [-0.2, -0.15) is 0 Å². The maximum Gasteiger partial charge on any atom is 0.274 e. The lowest BCUT2D eigenvalue weighted by Crippen LogP contribution is -2.13. The van der Waals surface area contributed by atoms with Crippen LogP contribution < -0.4 is 5.32 Å². The van der Waals surface area contributed by atoms with Gasteiger partial charge in [0, 0.05) is 29.0 Å². The molecule has 0 saturated heterocycles. The molecular formula is C16H15N3O. The molecule has 0 saturated carbocycles. The van der Waals surface area contributed by atoms with E-state index >= 15 is 0 Å². The Morgan fingerprint density at radius 2 is 2.20 bits per heavy atom. The fourth-order valence-corrected chi connectivity index (χ4v) is 2.24. The van der Waals surface area contributed by atoms with Crippen LogP contribution in [0.3, 0.4) is 0 Å². The largest absolute Gasteiger partial charge is 0.361 e. The van der Waals surface area contributed by atoms with Gasteiger partial charge < -0.3 is 10.3 Å². The van der Waals surface area contributed by atoms with Crippen LogP contribution in [0.5, 0.6) is 0 Å². The highest BCUT2D eigenvalue weighted by Gasteiger charge is 2.08. The number of rotatable bonds is 3. The summed E-state index contributed by atoms with van der Waals surface area (Å²) in [4.78, 5) is 19.3. The van der Waals surface area contributed by atoms with E-state index in [4.69, 9.17) is 0 Å². The van der Waals surface area contributed by atoms with Crippen LogP contribution in [0.1, 0.15) is 23.0 Å². The normalized spacial score (nSPS) is 10.7. The monoisotopic (exact) mass is 265 g/mol. The van der Waals surface area contributed by atoms with Crippen molar-refractivity contribution in [2.24, 2.45) is 0 Å². The fraction of sp³-hybridized carbons (Fsp3) is 0.125. The lowest BCUT2D eigenvalue weighted by atomic mass is 10.1. The number of hydrogen-bond acceptors (Lipinski definition) is 2. The minimum Gasteiger partial charge on any atom is -0.361 e. The first-order valence-corrected chi connectivity index (χ1v) is 6.60. The molecule has 1 aromatic carbocycles. The molecule has 0 aliphatic carbocycles. The Balaban J connectivity index is 1.89. The first kappa shape index (κ1) is 12.4. The minimum absolute atomic E-state index is 0.196. The smallest absolute Gasteiger partial charge is 0.274 e. The highest BCUT2D eigenvalue weighted by Crippen LogP contribution is 2.23. The summed E-state index contributed by atoms with van der Waals surface area (Å²) in [7, 11) is 0. The molecule has 2 aromatic heterocycles. The summed E-state index contributed by atoms with van der Waals surface area (Å²) in [6.07, 6.45) is 4.58. The zero-order chi connectivity index (χ0) is 13.9. The molecule has 0 bridgehead atoms. The zero-order valence-electron chi connectivity index (χ0n) is 11.2. The molecule has 20 heavy (non-hydrogen) atoms. The van der Waals surface area contributed by atoms with E-state index < -0.39 is 0 Å². The number of aromatic nitrogens is 2. The second kappa shape index (κ2) is 5.17. The van der Waals surface area contributed by atoms with Gasteiger partial charge in [0.1, 0.15) is 5.69 Å². The van der Waals surface area contributed by atoms with Crippen molar-refractivity contribution in [3.63, 3.8) is 0 Å². The van der Waals surface area contributed by atoms with Crippen molar-refractivity contribution >= 4 is 22.5 Å². The van der Waals surface area contributed by atoms with Crippen molar-refractivity contribution in [1.82, 2.24) is 9.97 Å². The molecule has 4 heteroatoms. The standard InChI is InChI=1S/C16H15N3O/c1-2-11-10-18-14-7-6-12(9-13(11)14)19-16(20)15-5-3-4-8-17-15/h3-10,18H,2H2,1H3,(H,19,20). The van der Waals surface area contributed by atoms with Crippen LogP contribution in [0, 0.1) is 0 Å². The Kier molecular flexibility index (Phi) is 3.21. The van der Waals surface area contributed by atoms with E-state index in [0.717, 1.165) is 23.0 Å². The number of fused-ring (bicyclic) bond motifs is 1. The van der Waals surface area contributed by atoms with E-state index in [1.165, 1.54) is 5.56 Å². The molecule has 0 unspecified atom stereocenters. The van der Waals surface area contributed by atoms with Crippen molar-refractivity contribution in [3.05, 3.63) is 60.0 Å². The Hall–Kier alpha value is -2.62. The number of benzene rings is 1. The van der Waals surface area contributed by atoms with Crippen LogP contribution in [0.4, 0.5) is 5.69 Å². The van der Waals surface area contributed by atoms with Crippen LogP contribution in [0.2, 0.25) is 0 Å². The van der Waals surface area contributed by atoms with Gasteiger partial charge in [0.25, 0.3) is 5.91 Å². The van der Waals surface area contributed by atoms with E-state index in [1.807, 2.05) is 24.4 Å². The van der Waals surface area contributed by atoms with Gasteiger partial charge in [-0.15, -0.1) is 0 Å². The molecule has 3 aromatic rings. The first-order chi connectivity index (χ1) is 9.78. The molecule has 0 aliphatic heterocycles. The summed E-state index contributed by atoms with van der Waals surface area (Å²) in [6, 6.07) is 11.1. The van der Waals surface area contributed by atoms with Gasteiger partial charge in [0.05, 0.1) is 0 Å². The second-order valence-electron chi connectivity index (χ2n) is 4.60. The summed E-state index contributed by atoms with van der Waals surface area (Å²) in [5, 5.41) is 4.02. The Bertz CT molecular complexity index is 747. The number of hydrogen-bond donors (Lipinski definition) is 2. The second-order valence-corrected chi connectivity index (χ2v) is 4.60. The third-order valence-electron chi connectivity index (χ3n) is 3.30. The Morgan fingerprint density at radius 1 is 1.30 bits per heavy atom. The SMILES string of the molecule is CCc1c[nH]c2ccc(NC(=O)c3ccccn3)cc12. The molecule has 1 amide bonds. The van der Waals surface area contributed by atoms with Crippen LogP contribution in [0.25, 0.3) is 10.9 Å². The summed E-state index contributed by atoms with van der Waals surface area (Å²) in [5.74, 6) is -0.196. The topological polar surface area (TPSA) is 57.8 Å². The van der Waals surface area contributed by atoms with Gasteiger partial charge in [-0.1, -0.05) is 13.0 Å². The number of carbonyl (C=O) groups is 1. The van der Waals surface area contributed by atoms with Crippen LogP contribution >= 0.6 is 0 Å². The highest BCUT2D eigenvalue weighted by molar-refractivity contribution is 6.03. The highest BCUT2D eigenvalue weighted by atomic mass is 16.1. The van der Waals surface area contributed by atoms with E-state index in [1.54, 1.807) is 24.4 Å². The Labute approximate surface area is 116 Å². The summed E-state index contributed by atoms with van der Waals surface area (Å²) in [6.45, 7) is 2.11. The summed E-state index contributed by atoms with van der Waals surface area (Å²) < 4.78 is 0. The van der Waals surface area contributed by atoms with Crippen LogP contribution in [-0.4, -0.2) is 15.9 Å². The molecule has 0 aliphatic rings. The summed E-state index contributed by atoms with van der Waals surface area (Å²) in [5.41, 5.74) is 3.52. The minimum atomic E-state index is -0.196. The molecule has 100 valence electrons. The first-order valence-electron chi connectivity index (χ1n) is 6.60. The van der Waals surface area contributed by atoms with Gasteiger partial charge in [-0.05, 0) is 42.3 Å². The van der Waals surface area contributed by atoms with E-state index in [2.05, 4.69) is 22.2 Å². The number of amides is 1. The predicted molar refractivity (Wildman–Crippen MR) is 79.9 cm³/mol.